The highest BCUT2D eigenvalue weighted by Gasteiger charge is 2.38. The molecule has 0 radical (unpaired) electrons. The van der Waals surface area contributed by atoms with Crippen molar-refractivity contribution in [1.29, 1.82) is 0 Å². The molecular weight excluding hydrogens is 725 g/mol. The van der Waals surface area contributed by atoms with E-state index in [9.17, 15) is 19.8 Å². The number of carboxylic acids is 1. The number of carbonyl (C=O) groups is 2. The van der Waals surface area contributed by atoms with Crippen LogP contribution >= 0.6 is 11.8 Å². The van der Waals surface area contributed by atoms with Crippen molar-refractivity contribution in [1.82, 2.24) is 5.32 Å². The Bertz CT molecular complexity index is 2230. The zero-order valence-corrected chi connectivity index (χ0v) is 31.5. The third-order valence-electron chi connectivity index (χ3n) is 9.60. The molecule has 1 fully saturated rings. The van der Waals surface area contributed by atoms with Crippen molar-refractivity contribution in [3.8, 4) is 22.6 Å². The van der Waals surface area contributed by atoms with Gasteiger partial charge >= 0.3 is 12.0 Å². The number of anilines is 1. The fourth-order valence-corrected chi connectivity index (χ4v) is 7.56. The van der Waals surface area contributed by atoms with Crippen LogP contribution in [0.25, 0.3) is 11.1 Å². The van der Waals surface area contributed by atoms with Gasteiger partial charge in [0.1, 0.15) is 11.5 Å². The Morgan fingerprint density at radius 2 is 1.41 bits per heavy atom. The second-order valence-corrected chi connectivity index (χ2v) is 14.6. The highest BCUT2D eigenvalue weighted by molar-refractivity contribution is 7.99. The van der Waals surface area contributed by atoms with Gasteiger partial charge in [-0.15, -0.1) is 11.8 Å². The van der Waals surface area contributed by atoms with Crippen molar-refractivity contribution in [2.24, 2.45) is 5.92 Å². The van der Waals surface area contributed by atoms with Crippen LogP contribution < -0.4 is 15.4 Å². The van der Waals surface area contributed by atoms with Gasteiger partial charge in [0.15, 0.2) is 6.29 Å². The molecule has 56 heavy (non-hydrogen) atoms. The van der Waals surface area contributed by atoms with Crippen LogP contribution in [0.5, 0.6) is 11.5 Å². The van der Waals surface area contributed by atoms with Gasteiger partial charge in [-0.2, -0.15) is 0 Å². The molecule has 284 valence electrons. The molecule has 0 saturated carbocycles. The van der Waals surface area contributed by atoms with Crippen molar-refractivity contribution in [3.05, 3.63) is 179 Å². The second kappa shape index (κ2) is 18.1. The molecule has 1 heterocycles. The van der Waals surface area contributed by atoms with Crippen LogP contribution in [0.1, 0.15) is 51.9 Å². The highest BCUT2D eigenvalue weighted by atomic mass is 32.2. The minimum absolute atomic E-state index is 0.00500. The topological polar surface area (TPSA) is 126 Å². The third kappa shape index (κ3) is 9.84. The average molecular weight is 767 g/mol. The lowest BCUT2D eigenvalue weighted by Crippen LogP contribution is -2.38. The fraction of sp³-hybridized carbons (Fsp3) is 0.174. The number of benzene rings is 6. The Balaban J connectivity index is 1.02. The number of urea groups is 1. The number of aromatic carboxylic acids is 1. The van der Waals surface area contributed by atoms with Gasteiger partial charge in [0.25, 0.3) is 0 Å². The molecule has 0 bridgehead atoms. The molecule has 4 N–H and O–H groups in total. The van der Waals surface area contributed by atoms with Gasteiger partial charge in [0.2, 0.25) is 0 Å². The first-order valence-electron chi connectivity index (χ1n) is 18.3. The van der Waals surface area contributed by atoms with Gasteiger partial charge in [0, 0.05) is 34.4 Å². The minimum Gasteiger partial charge on any atom is -0.478 e. The Morgan fingerprint density at radius 1 is 0.714 bits per heavy atom. The van der Waals surface area contributed by atoms with Crippen LogP contribution in [0, 0.1) is 5.92 Å². The fourth-order valence-electron chi connectivity index (χ4n) is 6.50. The number of hydrogen-bond donors (Lipinski definition) is 4. The van der Waals surface area contributed by atoms with Crippen LogP contribution in [-0.2, 0) is 22.6 Å². The molecule has 0 aliphatic carbocycles. The number of amides is 2. The molecule has 10 heteroatoms. The summed E-state index contributed by atoms with van der Waals surface area (Å²) in [5.41, 5.74) is 6.49. The lowest BCUT2D eigenvalue weighted by molar-refractivity contribution is -0.268. The lowest BCUT2D eigenvalue weighted by Gasteiger charge is -2.41. The van der Waals surface area contributed by atoms with Crippen molar-refractivity contribution in [2.45, 2.75) is 43.5 Å². The van der Waals surface area contributed by atoms with E-state index in [1.165, 1.54) is 0 Å². The zero-order valence-electron chi connectivity index (χ0n) is 30.7. The number of para-hydroxylation sites is 1. The minimum atomic E-state index is -0.956. The first kappa shape index (κ1) is 38.4. The van der Waals surface area contributed by atoms with Crippen LogP contribution in [0.3, 0.4) is 0 Å². The summed E-state index contributed by atoms with van der Waals surface area (Å²) in [5.74, 6) is 1.09. The van der Waals surface area contributed by atoms with E-state index in [0.29, 0.717) is 23.7 Å². The van der Waals surface area contributed by atoms with E-state index in [1.54, 1.807) is 36.0 Å². The Morgan fingerprint density at radius 3 is 2.12 bits per heavy atom. The molecule has 1 saturated heterocycles. The number of carbonyl (C=O) groups excluding carboxylic acids is 1. The summed E-state index contributed by atoms with van der Waals surface area (Å²) in [7, 11) is 0. The van der Waals surface area contributed by atoms with Gasteiger partial charge in [-0.3, -0.25) is 0 Å². The van der Waals surface area contributed by atoms with Crippen LogP contribution in [0.2, 0.25) is 0 Å². The van der Waals surface area contributed by atoms with Gasteiger partial charge in [-0.25, -0.2) is 9.59 Å². The highest BCUT2D eigenvalue weighted by Crippen LogP contribution is 2.43. The maximum Gasteiger partial charge on any atom is 0.335 e. The van der Waals surface area contributed by atoms with E-state index in [4.69, 9.17) is 14.2 Å². The molecule has 0 spiro atoms. The van der Waals surface area contributed by atoms with Crippen LogP contribution in [0.15, 0.2) is 157 Å². The predicted molar refractivity (Wildman–Crippen MR) is 218 cm³/mol. The van der Waals surface area contributed by atoms with E-state index in [0.717, 1.165) is 44.0 Å². The summed E-state index contributed by atoms with van der Waals surface area (Å²) in [4.78, 5) is 25.1. The van der Waals surface area contributed by atoms with E-state index in [2.05, 4.69) is 29.7 Å². The van der Waals surface area contributed by atoms with Crippen molar-refractivity contribution in [3.63, 3.8) is 0 Å². The van der Waals surface area contributed by atoms with E-state index < -0.39 is 12.3 Å². The maximum atomic E-state index is 12.8. The normalized spacial score (nSPS) is 17.8. The molecule has 9 nitrogen and oxygen atoms in total. The first-order chi connectivity index (χ1) is 27.3. The quantitative estimate of drug-likeness (QED) is 0.0856. The Hall–Kier alpha value is -5.91. The average Bonchev–Trinajstić information content (AvgIpc) is 3.24. The molecule has 1 aliphatic rings. The van der Waals surface area contributed by atoms with Crippen molar-refractivity contribution in [2.75, 3.05) is 11.1 Å². The van der Waals surface area contributed by atoms with E-state index in [-0.39, 0.29) is 36.3 Å². The molecule has 6 aromatic rings. The monoisotopic (exact) mass is 766 g/mol. The summed E-state index contributed by atoms with van der Waals surface area (Å²) < 4.78 is 19.2. The van der Waals surface area contributed by atoms with Crippen molar-refractivity contribution < 1.29 is 34.0 Å². The molecule has 7 rings (SSSR count). The summed E-state index contributed by atoms with van der Waals surface area (Å²) in [5, 5.41) is 24.8. The van der Waals surface area contributed by atoms with Gasteiger partial charge in [-0.1, -0.05) is 85.8 Å². The number of hydrogen-bond acceptors (Lipinski definition) is 7. The predicted octanol–water partition coefficient (Wildman–Crippen LogP) is 10.2. The summed E-state index contributed by atoms with van der Waals surface area (Å²) in [6.45, 7) is 2.41. The maximum absolute atomic E-state index is 12.8. The lowest BCUT2D eigenvalue weighted by atomic mass is 9.91. The van der Waals surface area contributed by atoms with Gasteiger partial charge in [-0.05, 0) is 101 Å². The number of carboxylic acid groups (broad SMARTS) is 1. The van der Waals surface area contributed by atoms with Gasteiger partial charge < -0.3 is 35.1 Å². The smallest absolute Gasteiger partial charge is 0.335 e. The summed E-state index contributed by atoms with van der Waals surface area (Å²) >= 11 is 1.61. The molecule has 0 aromatic heterocycles. The number of ether oxygens (including phenoxy) is 3. The largest absolute Gasteiger partial charge is 0.478 e. The third-order valence-corrected chi connectivity index (χ3v) is 10.7. The number of rotatable bonds is 13. The number of nitrogens with one attached hydrogen (secondary N) is 2. The summed E-state index contributed by atoms with van der Waals surface area (Å²) in [6.07, 6.45) is -1.11. The number of aliphatic hydroxyl groups is 1. The summed E-state index contributed by atoms with van der Waals surface area (Å²) in [6, 6.07) is 47.2. The van der Waals surface area contributed by atoms with Crippen molar-refractivity contribution >= 4 is 29.4 Å². The second-order valence-electron chi connectivity index (χ2n) is 13.5. The molecule has 2 amide bonds. The molecule has 6 aromatic carbocycles. The standard InChI is InChI=1S/C46H42N2O7S/c1-30-42(29-56-41-23-17-34(18-24-41)44(50)51)54-45(55-43(30)33-15-13-31(28-49)14-16-33)37-10-6-9-36(26-37)35-8-5-7-32(25-35)27-47-46(52)48-38-19-21-40(22-20-38)53-39-11-3-2-4-12-39/h2-26,30,42-43,45,49H,27-29H2,1H3,(H,50,51)(H2,47,48,52)/t30-,42+,43+,45+/m0/s1. The molecule has 1 aliphatic heterocycles. The molecule has 4 atom stereocenters. The number of thioether (sulfide) groups is 1. The van der Waals surface area contributed by atoms with E-state index in [1.807, 2.05) is 115 Å². The van der Waals surface area contributed by atoms with Gasteiger partial charge in [0.05, 0.1) is 24.4 Å². The van der Waals surface area contributed by atoms with E-state index >= 15 is 0 Å². The first-order valence-corrected chi connectivity index (χ1v) is 19.3. The SMILES string of the molecule is C[C@H]1[C@@H](CSc2ccc(C(=O)O)cc2)O[C@@H](c2cccc(-c3cccc(CNC(=O)Nc4ccc(Oc5ccccc5)cc4)c3)c2)O[C@H]1c1ccc(CO)cc1. The molecular formula is C46H42N2O7S. The number of aliphatic hydroxyl groups excluding tert-OH is 1. The Labute approximate surface area is 330 Å². The van der Waals surface area contributed by atoms with Crippen LogP contribution in [0.4, 0.5) is 10.5 Å². The molecule has 0 unspecified atom stereocenters. The Kier molecular flexibility index (Phi) is 12.4. The zero-order chi connectivity index (χ0) is 38.9. The van der Waals surface area contributed by atoms with Crippen LogP contribution in [-0.4, -0.2) is 34.1 Å².